The van der Waals surface area contributed by atoms with E-state index in [0.717, 1.165) is 39.8 Å². The molecule has 0 aliphatic rings. The number of nitrogens with zero attached hydrogens (tertiary/aromatic N) is 1. The van der Waals surface area contributed by atoms with Gasteiger partial charge in [-0.2, -0.15) is 0 Å². The van der Waals surface area contributed by atoms with Crippen molar-refractivity contribution in [1.82, 2.24) is 15.3 Å². The minimum Gasteiger partial charge on any atom is -0.507 e. The van der Waals surface area contributed by atoms with E-state index >= 15 is 0 Å². The van der Waals surface area contributed by atoms with E-state index in [0.29, 0.717) is 16.8 Å². The number of phenolic OH excluding ortho intramolecular Hbond substituents is 1. The van der Waals surface area contributed by atoms with Crippen LogP contribution < -0.4 is 10.9 Å². The van der Waals surface area contributed by atoms with E-state index in [4.69, 9.17) is 4.98 Å². The number of aromatic hydroxyl groups is 1. The van der Waals surface area contributed by atoms with Gasteiger partial charge in [0.15, 0.2) is 0 Å². The zero-order valence-electron chi connectivity index (χ0n) is 17.1. The van der Waals surface area contributed by atoms with Crippen LogP contribution in [0.5, 0.6) is 5.75 Å². The lowest BCUT2D eigenvalue weighted by Crippen LogP contribution is -2.14. The number of benzene rings is 2. The Morgan fingerprint density at radius 1 is 1.07 bits per heavy atom. The van der Waals surface area contributed by atoms with Crippen LogP contribution in [0.2, 0.25) is 0 Å². The van der Waals surface area contributed by atoms with Gasteiger partial charge in [-0.05, 0) is 44.0 Å². The number of hydrogen-bond acceptors (Lipinski definition) is 4. The molecule has 0 radical (unpaired) electrons. The Kier molecular flexibility index (Phi) is 4.84. The molecule has 0 spiro atoms. The number of likely N-dealkylation sites (N-methyl/N-ethyl adjacent to an activating group) is 1. The summed E-state index contributed by atoms with van der Waals surface area (Å²) in [7, 11) is 1.96. The number of hydrogen-bond donors (Lipinski definition) is 3. The number of fused-ring (bicyclic) bond motifs is 3. The summed E-state index contributed by atoms with van der Waals surface area (Å²) in [6, 6.07) is 13.7. The molecule has 0 bridgehead atoms. The first-order valence-electron chi connectivity index (χ1n) is 9.82. The number of phenols is 1. The molecule has 29 heavy (non-hydrogen) atoms. The summed E-state index contributed by atoms with van der Waals surface area (Å²) in [6.07, 6.45) is 0. The molecular weight excluding hydrogens is 362 g/mol. The number of aryl methyl sites for hydroxylation is 2. The van der Waals surface area contributed by atoms with Gasteiger partial charge in [-0.3, -0.25) is 9.78 Å². The van der Waals surface area contributed by atoms with Gasteiger partial charge in [0, 0.05) is 28.6 Å². The highest BCUT2D eigenvalue weighted by Gasteiger charge is 2.18. The summed E-state index contributed by atoms with van der Waals surface area (Å²) < 4.78 is 0. The second-order valence-corrected chi connectivity index (χ2v) is 7.64. The standard InChI is InChI=1S/C24H25N3O2/c1-13(12-25-4)16-8-10-17(11-9-16)20-14(2)26-15(3)23-22(20)18-6-5-7-19(28)21(18)24(29)27-23/h5-11,13,25,28H,12H2,1-4H3,(H,27,29)/t13-/m0/s1. The van der Waals surface area contributed by atoms with E-state index in [2.05, 4.69) is 41.5 Å². The van der Waals surface area contributed by atoms with Gasteiger partial charge < -0.3 is 15.4 Å². The lowest BCUT2D eigenvalue weighted by atomic mass is 9.92. The normalized spacial score (nSPS) is 12.6. The number of aromatic amines is 1. The highest BCUT2D eigenvalue weighted by molar-refractivity contribution is 6.14. The fraction of sp³-hybridized carbons (Fsp3) is 0.250. The van der Waals surface area contributed by atoms with E-state index in [1.165, 1.54) is 5.56 Å². The van der Waals surface area contributed by atoms with Gasteiger partial charge in [-0.1, -0.05) is 43.3 Å². The summed E-state index contributed by atoms with van der Waals surface area (Å²) >= 11 is 0. The maximum absolute atomic E-state index is 12.6. The van der Waals surface area contributed by atoms with Crippen LogP contribution in [0.1, 0.15) is 29.8 Å². The Balaban J connectivity index is 2.05. The maximum Gasteiger partial charge on any atom is 0.260 e. The fourth-order valence-corrected chi connectivity index (χ4v) is 4.19. The predicted molar refractivity (Wildman–Crippen MR) is 119 cm³/mol. The average Bonchev–Trinajstić information content (AvgIpc) is 2.69. The van der Waals surface area contributed by atoms with E-state index in [9.17, 15) is 9.90 Å². The van der Waals surface area contributed by atoms with Crippen molar-refractivity contribution in [3.63, 3.8) is 0 Å². The fourth-order valence-electron chi connectivity index (χ4n) is 4.19. The first-order valence-corrected chi connectivity index (χ1v) is 9.82. The largest absolute Gasteiger partial charge is 0.507 e. The van der Waals surface area contributed by atoms with E-state index < -0.39 is 0 Å². The van der Waals surface area contributed by atoms with Crippen molar-refractivity contribution in [2.24, 2.45) is 0 Å². The van der Waals surface area contributed by atoms with Crippen molar-refractivity contribution >= 4 is 21.7 Å². The molecule has 2 heterocycles. The van der Waals surface area contributed by atoms with Crippen LogP contribution in [0.25, 0.3) is 32.8 Å². The van der Waals surface area contributed by atoms with Crippen LogP contribution in [-0.2, 0) is 0 Å². The quantitative estimate of drug-likeness (QED) is 0.454. The number of nitrogens with one attached hydrogen (secondary N) is 2. The van der Waals surface area contributed by atoms with Gasteiger partial charge in [0.25, 0.3) is 5.56 Å². The monoisotopic (exact) mass is 387 g/mol. The third-order valence-electron chi connectivity index (χ3n) is 5.62. The van der Waals surface area contributed by atoms with Gasteiger partial charge in [-0.15, -0.1) is 0 Å². The molecule has 0 aliphatic heterocycles. The molecule has 2 aromatic heterocycles. The van der Waals surface area contributed by atoms with Crippen molar-refractivity contribution in [1.29, 1.82) is 0 Å². The van der Waals surface area contributed by atoms with Crippen LogP contribution in [0.3, 0.4) is 0 Å². The molecule has 148 valence electrons. The van der Waals surface area contributed by atoms with Crippen molar-refractivity contribution in [3.05, 3.63) is 69.8 Å². The Morgan fingerprint density at radius 2 is 1.79 bits per heavy atom. The van der Waals surface area contributed by atoms with Gasteiger partial charge in [0.05, 0.1) is 16.6 Å². The van der Waals surface area contributed by atoms with Crippen LogP contribution >= 0.6 is 0 Å². The van der Waals surface area contributed by atoms with Gasteiger partial charge >= 0.3 is 0 Å². The SMILES string of the molecule is CNC[C@H](C)c1ccc(-c2c(C)nc(C)c3[nH]c(=O)c4c(O)cccc4c23)cc1. The van der Waals surface area contributed by atoms with Crippen molar-refractivity contribution in [2.75, 3.05) is 13.6 Å². The molecule has 0 saturated carbocycles. The summed E-state index contributed by atoms with van der Waals surface area (Å²) in [5, 5.41) is 15.5. The molecule has 0 unspecified atom stereocenters. The van der Waals surface area contributed by atoms with Gasteiger partial charge in [0.1, 0.15) is 5.75 Å². The summed E-state index contributed by atoms with van der Waals surface area (Å²) in [5.74, 6) is 0.400. The molecule has 0 aliphatic carbocycles. The number of pyridine rings is 2. The molecule has 0 fully saturated rings. The van der Waals surface area contributed by atoms with Crippen LogP contribution in [0, 0.1) is 13.8 Å². The maximum atomic E-state index is 12.6. The predicted octanol–water partition coefficient (Wildman–Crippen LogP) is 4.39. The number of H-pyrrole nitrogens is 1. The molecule has 0 amide bonds. The molecule has 5 heteroatoms. The van der Waals surface area contributed by atoms with Crippen molar-refractivity contribution in [3.8, 4) is 16.9 Å². The molecule has 4 rings (SSSR count). The minimum absolute atomic E-state index is 0.0139. The Bertz CT molecular complexity index is 1270. The molecular formula is C24H25N3O2. The second kappa shape index (κ2) is 7.33. The Labute approximate surface area is 169 Å². The highest BCUT2D eigenvalue weighted by Crippen LogP contribution is 2.37. The first-order chi connectivity index (χ1) is 13.9. The summed E-state index contributed by atoms with van der Waals surface area (Å²) in [5.41, 5.74) is 5.34. The van der Waals surface area contributed by atoms with E-state index in [1.807, 2.05) is 27.0 Å². The van der Waals surface area contributed by atoms with Crippen LogP contribution in [0.15, 0.2) is 47.3 Å². The molecule has 5 nitrogen and oxygen atoms in total. The third kappa shape index (κ3) is 3.17. The third-order valence-corrected chi connectivity index (χ3v) is 5.62. The zero-order valence-corrected chi connectivity index (χ0v) is 17.1. The number of rotatable bonds is 4. The molecule has 0 saturated heterocycles. The van der Waals surface area contributed by atoms with E-state index in [-0.39, 0.29) is 11.3 Å². The van der Waals surface area contributed by atoms with E-state index in [1.54, 1.807) is 12.1 Å². The Hall–Kier alpha value is -3.18. The van der Waals surface area contributed by atoms with Crippen molar-refractivity contribution in [2.45, 2.75) is 26.7 Å². The van der Waals surface area contributed by atoms with Crippen LogP contribution in [0.4, 0.5) is 0 Å². The lowest BCUT2D eigenvalue weighted by molar-refractivity contribution is 0.481. The van der Waals surface area contributed by atoms with Gasteiger partial charge in [0.2, 0.25) is 0 Å². The average molecular weight is 387 g/mol. The number of aromatic nitrogens is 2. The van der Waals surface area contributed by atoms with Crippen molar-refractivity contribution < 1.29 is 5.11 Å². The van der Waals surface area contributed by atoms with Gasteiger partial charge in [-0.25, -0.2) is 0 Å². The summed E-state index contributed by atoms with van der Waals surface area (Å²) in [4.78, 5) is 20.3. The second-order valence-electron chi connectivity index (χ2n) is 7.64. The summed E-state index contributed by atoms with van der Waals surface area (Å²) in [6.45, 7) is 6.99. The molecule has 4 aromatic rings. The molecule has 1 atom stereocenters. The minimum atomic E-state index is -0.304. The Morgan fingerprint density at radius 3 is 2.48 bits per heavy atom. The molecule has 2 aromatic carbocycles. The highest BCUT2D eigenvalue weighted by atomic mass is 16.3. The topological polar surface area (TPSA) is 78.0 Å². The zero-order chi connectivity index (χ0) is 20.7. The lowest BCUT2D eigenvalue weighted by Gasteiger charge is -2.16. The molecule has 3 N–H and O–H groups in total. The smallest absolute Gasteiger partial charge is 0.260 e. The first kappa shape index (κ1) is 19.2. The van der Waals surface area contributed by atoms with Crippen LogP contribution in [-0.4, -0.2) is 28.7 Å².